The van der Waals surface area contributed by atoms with Crippen LogP contribution in [0, 0.1) is 11.5 Å². The van der Waals surface area contributed by atoms with Crippen molar-refractivity contribution in [2.24, 2.45) is 0 Å². The first-order valence-electron chi connectivity index (χ1n) is 7.68. The number of aromatic nitrogens is 2. The van der Waals surface area contributed by atoms with Gasteiger partial charge in [0.1, 0.15) is 6.17 Å². The van der Waals surface area contributed by atoms with Crippen LogP contribution in [-0.4, -0.2) is 21.0 Å². The summed E-state index contributed by atoms with van der Waals surface area (Å²) >= 11 is 0. The predicted molar refractivity (Wildman–Crippen MR) is 86.0 cm³/mol. The maximum Gasteiger partial charge on any atom is 0.181 e. The molecule has 0 saturated carbocycles. The summed E-state index contributed by atoms with van der Waals surface area (Å²) in [4.78, 5) is 6.34. The van der Waals surface area contributed by atoms with Gasteiger partial charge in [-0.3, -0.25) is 4.90 Å². The van der Waals surface area contributed by atoms with E-state index >= 15 is 0 Å². The highest BCUT2D eigenvalue weighted by atomic mass is 16.3. The van der Waals surface area contributed by atoms with Crippen molar-refractivity contribution in [3.05, 3.63) is 55.4 Å². The molecule has 1 aliphatic heterocycles. The lowest BCUT2D eigenvalue weighted by Gasteiger charge is -2.19. The molecule has 0 amide bonds. The van der Waals surface area contributed by atoms with Gasteiger partial charge in [0.15, 0.2) is 6.19 Å². The Morgan fingerprint density at radius 1 is 1.22 bits per heavy atom. The summed E-state index contributed by atoms with van der Waals surface area (Å²) in [5, 5.41) is 9.20. The fourth-order valence-electron chi connectivity index (χ4n) is 3.11. The molecular formula is C18H16N4O. The van der Waals surface area contributed by atoms with Gasteiger partial charge in [0.05, 0.1) is 24.5 Å². The van der Waals surface area contributed by atoms with Crippen LogP contribution in [0.2, 0.25) is 0 Å². The lowest BCUT2D eigenvalue weighted by molar-refractivity contribution is 0.281. The maximum atomic E-state index is 9.20. The SMILES string of the molecule is N#CN1CCCC1n1cnc(-c2cccc(-c3ccoc3)c2)c1. The second-order valence-electron chi connectivity index (χ2n) is 5.72. The molecule has 0 radical (unpaired) electrons. The molecule has 1 atom stereocenters. The second-order valence-corrected chi connectivity index (χ2v) is 5.72. The van der Waals surface area contributed by atoms with Gasteiger partial charge >= 0.3 is 0 Å². The smallest absolute Gasteiger partial charge is 0.181 e. The highest BCUT2D eigenvalue weighted by molar-refractivity contribution is 5.70. The number of furan rings is 1. The number of hydrogen-bond donors (Lipinski definition) is 0. The van der Waals surface area contributed by atoms with Crippen LogP contribution in [0.5, 0.6) is 0 Å². The molecule has 2 aromatic heterocycles. The Hall–Kier alpha value is -3.00. The Morgan fingerprint density at radius 2 is 2.13 bits per heavy atom. The van der Waals surface area contributed by atoms with Crippen LogP contribution in [0.15, 0.2) is 59.8 Å². The quantitative estimate of drug-likeness (QED) is 0.689. The molecule has 0 spiro atoms. The van der Waals surface area contributed by atoms with E-state index in [0.29, 0.717) is 0 Å². The third kappa shape index (κ3) is 2.49. The first-order chi connectivity index (χ1) is 11.3. The van der Waals surface area contributed by atoms with E-state index in [2.05, 4.69) is 23.3 Å². The molecule has 1 fully saturated rings. The first kappa shape index (κ1) is 13.6. The van der Waals surface area contributed by atoms with Gasteiger partial charge in [-0.25, -0.2) is 4.98 Å². The third-order valence-corrected chi connectivity index (χ3v) is 4.31. The van der Waals surface area contributed by atoms with Crippen LogP contribution < -0.4 is 0 Å². The van der Waals surface area contributed by atoms with E-state index in [1.54, 1.807) is 12.5 Å². The van der Waals surface area contributed by atoms with Crippen LogP contribution in [0.4, 0.5) is 0 Å². The number of imidazole rings is 1. The Labute approximate surface area is 134 Å². The van der Waals surface area contributed by atoms with Crippen molar-refractivity contribution >= 4 is 0 Å². The molecule has 114 valence electrons. The van der Waals surface area contributed by atoms with Gasteiger partial charge in [-0.2, -0.15) is 5.26 Å². The molecule has 4 rings (SSSR count). The normalized spacial score (nSPS) is 17.3. The molecule has 1 aromatic carbocycles. The van der Waals surface area contributed by atoms with Gasteiger partial charge in [0.2, 0.25) is 0 Å². The maximum absolute atomic E-state index is 9.20. The Bertz CT molecular complexity index is 844. The molecule has 0 N–H and O–H groups in total. The van der Waals surface area contributed by atoms with Gasteiger partial charge in [-0.1, -0.05) is 18.2 Å². The van der Waals surface area contributed by atoms with E-state index in [9.17, 15) is 5.26 Å². The number of likely N-dealkylation sites (tertiary alicyclic amines) is 1. The van der Waals surface area contributed by atoms with E-state index in [0.717, 1.165) is 41.8 Å². The van der Waals surface area contributed by atoms with Crippen molar-refractivity contribution in [1.29, 1.82) is 5.26 Å². The fraction of sp³-hybridized carbons (Fsp3) is 0.222. The average molecular weight is 304 g/mol. The zero-order valence-corrected chi connectivity index (χ0v) is 12.6. The van der Waals surface area contributed by atoms with Crippen molar-refractivity contribution in [2.75, 3.05) is 6.54 Å². The van der Waals surface area contributed by atoms with E-state index in [1.807, 2.05) is 40.2 Å². The summed E-state index contributed by atoms with van der Waals surface area (Å²) < 4.78 is 7.19. The standard InChI is InChI=1S/C18H16N4O/c19-12-21-7-2-5-18(21)22-10-17(20-13-22)15-4-1-3-14(9-15)16-6-8-23-11-16/h1,3-4,6,8-11,13,18H,2,5,7H2. The van der Waals surface area contributed by atoms with Crippen LogP contribution in [0.1, 0.15) is 19.0 Å². The van der Waals surface area contributed by atoms with Gasteiger partial charge in [-0.05, 0) is 30.5 Å². The molecule has 5 nitrogen and oxygen atoms in total. The minimum Gasteiger partial charge on any atom is -0.472 e. The van der Waals surface area contributed by atoms with Gasteiger partial charge in [0.25, 0.3) is 0 Å². The Balaban J connectivity index is 1.65. The minimum absolute atomic E-state index is 0.0957. The summed E-state index contributed by atoms with van der Waals surface area (Å²) in [6.07, 6.45) is 11.6. The van der Waals surface area contributed by atoms with Crippen molar-refractivity contribution in [2.45, 2.75) is 19.0 Å². The molecule has 1 saturated heterocycles. The van der Waals surface area contributed by atoms with Crippen LogP contribution in [0.3, 0.4) is 0 Å². The summed E-state index contributed by atoms with van der Waals surface area (Å²) in [7, 11) is 0. The zero-order valence-electron chi connectivity index (χ0n) is 12.6. The Morgan fingerprint density at radius 3 is 2.96 bits per heavy atom. The van der Waals surface area contributed by atoms with Gasteiger partial charge in [0, 0.05) is 23.9 Å². The van der Waals surface area contributed by atoms with Crippen LogP contribution in [-0.2, 0) is 0 Å². The summed E-state index contributed by atoms with van der Waals surface area (Å²) in [6, 6.07) is 10.2. The van der Waals surface area contributed by atoms with Gasteiger partial charge in [-0.15, -0.1) is 0 Å². The molecular weight excluding hydrogens is 288 g/mol. The van der Waals surface area contributed by atoms with E-state index in [1.165, 1.54) is 0 Å². The van der Waals surface area contributed by atoms with Crippen LogP contribution >= 0.6 is 0 Å². The molecule has 5 heteroatoms. The van der Waals surface area contributed by atoms with Crippen LogP contribution in [0.25, 0.3) is 22.4 Å². The summed E-state index contributed by atoms with van der Waals surface area (Å²) in [5.41, 5.74) is 4.13. The Kier molecular flexibility index (Phi) is 3.35. The predicted octanol–water partition coefficient (Wildman–Crippen LogP) is 3.89. The molecule has 0 bridgehead atoms. The largest absolute Gasteiger partial charge is 0.472 e. The lowest BCUT2D eigenvalue weighted by Crippen LogP contribution is -2.21. The fourth-order valence-corrected chi connectivity index (χ4v) is 3.11. The average Bonchev–Trinajstić information content (AvgIpc) is 3.34. The molecule has 1 aliphatic rings. The topological polar surface area (TPSA) is 58.0 Å². The zero-order chi connectivity index (χ0) is 15.6. The minimum atomic E-state index is 0.0957. The first-order valence-corrected chi connectivity index (χ1v) is 7.68. The molecule has 1 unspecified atom stereocenters. The number of benzene rings is 1. The second kappa shape index (κ2) is 5.65. The van der Waals surface area contributed by atoms with E-state index in [4.69, 9.17) is 4.42 Å². The van der Waals surface area contributed by atoms with Gasteiger partial charge < -0.3 is 8.98 Å². The van der Waals surface area contributed by atoms with E-state index < -0.39 is 0 Å². The number of nitrogens with zero attached hydrogens (tertiary/aromatic N) is 4. The monoisotopic (exact) mass is 304 g/mol. The summed E-state index contributed by atoms with van der Waals surface area (Å²) in [6.45, 7) is 0.824. The number of nitriles is 1. The highest BCUT2D eigenvalue weighted by Gasteiger charge is 2.25. The lowest BCUT2D eigenvalue weighted by atomic mass is 10.0. The van der Waals surface area contributed by atoms with Crippen molar-refractivity contribution in [3.63, 3.8) is 0 Å². The highest BCUT2D eigenvalue weighted by Crippen LogP contribution is 2.29. The number of rotatable bonds is 3. The third-order valence-electron chi connectivity index (χ3n) is 4.31. The summed E-state index contributed by atoms with van der Waals surface area (Å²) in [5.74, 6) is 0. The molecule has 0 aliphatic carbocycles. The number of hydrogen-bond acceptors (Lipinski definition) is 4. The molecule has 23 heavy (non-hydrogen) atoms. The van der Waals surface area contributed by atoms with Crippen molar-refractivity contribution in [3.8, 4) is 28.6 Å². The van der Waals surface area contributed by atoms with Crippen molar-refractivity contribution < 1.29 is 4.42 Å². The molecule has 3 heterocycles. The molecule has 3 aromatic rings. The van der Waals surface area contributed by atoms with Crippen molar-refractivity contribution in [1.82, 2.24) is 14.5 Å². The van der Waals surface area contributed by atoms with E-state index in [-0.39, 0.29) is 6.17 Å².